The van der Waals surface area contributed by atoms with E-state index in [0.717, 1.165) is 17.4 Å². The number of pyridine rings is 1. The smallest absolute Gasteiger partial charge is 0.474 e. The molecule has 3 heterocycles. The van der Waals surface area contributed by atoms with Crippen molar-refractivity contribution in [3.63, 3.8) is 0 Å². The van der Waals surface area contributed by atoms with Crippen LogP contribution in [0.1, 0.15) is 41.6 Å². The number of amides is 2. The van der Waals surface area contributed by atoms with Gasteiger partial charge in [0.2, 0.25) is 5.88 Å². The number of nitrogens with one attached hydrogen (secondary N) is 1. The Kier molecular flexibility index (Phi) is 7.23. The molecule has 1 N–H and O–H groups in total. The molecule has 36 heavy (non-hydrogen) atoms. The van der Waals surface area contributed by atoms with Crippen LogP contribution >= 0.6 is 11.3 Å². The third kappa shape index (κ3) is 5.94. The average Bonchev–Trinajstić information content (AvgIpc) is 3.19. The lowest BCUT2D eigenvalue weighted by Crippen LogP contribution is -2.47. The maximum atomic E-state index is 13.7. The maximum Gasteiger partial charge on any atom is 0.522 e. The lowest BCUT2D eigenvalue weighted by Gasteiger charge is -2.37. The molecule has 1 saturated heterocycles. The van der Waals surface area contributed by atoms with Crippen LogP contribution in [-0.2, 0) is 15.7 Å². The van der Waals surface area contributed by atoms with Crippen molar-refractivity contribution in [3.8, 4) is 5.88 Å². The van der Waals surface area contributed by atoms with Crippen LogP contribution < -0.4 is 10.1 Å². The van der Waals surface area contributed by atoms with Gasteiger partial charge in [0.15, 0.2) is 0 Å². The van der Waals surface area contributed by atoms with Gasteiger partial charge in [0, 0.05) is 57.3 Å². The third-order valence-corrected chi connectivity index (χ3v) is 6.89. The molecule has 1 aliphatic carbocycles. The van der Waals surface area contributed by atoms with Crippen molar-refractivity contribution in [3.05, 3.63) is 22.6 Å². The lowest BCUT2D eigenvalue weighted by molar-refractivity contribution is -0.355. The normalized spacial score (nSPS) is 21.2. The van der Waals surface area contributed by atoms with E-state index in [1.54, 1.807) is 0 Å². The molecule has 4 rings (SSSR count). The highest BCUT2D eigenvalue weighted by molar-refractivity contribution is 7.17. The number of alkyl halides is 6. The first kappa shape index (κ1) is 26.3. The number of nitrogens with zero attached hydrogens (tertiary/aromatic N) is 2. The molecule has 2 fully saturated rings. The van der Waals surface area contributed by atoms with Gasteiger partial charge >= 0.3 is 18.6 Å². The summed E-state index contributed by atoms with van der Waals surface area (Å²) in [4.78, 5) is 29.9. The molecule has 1 aliphatic heterocycles. The van der Waals surface area contributed by atoms with Gasteiger partial charge in [-0.3, -0.25) is 9.53 Å². The Morgan fingerprint density at radius 3 is 2.33 bits per heavy atom. The number of hydrogen-bond acceptors (Lipinski definition) is 7. The zero-order valence-corrected chi connectivity index (χ0v) is 19.6. The van der Waals surface area contributed by atoms with Crippen LogP contribution in [0.2, 0.25) is 0 Å². The van der Waals surface area contributed by atoms with Crippen LogP contribution in [-0.4, -0.2) is 66.7 Å². The van der Waals surface area contributed by atoms with Crippen molar-refractivity contribution in [2.45, 2.75) is 56.5 Å². The first-order valence-electron chi connectivity index (χ1n) is 10.9. The van der Waals surface area contributed by atoms with E-state index < -0.39 is 48.4 Å². The fourth-order valence-electron chi connectivity index (χ4n) is 3.99. The fraction of sp³-hybridized carbons (Fsp3) is 0.571. The SMILES string of the molecule is CNC(=O)c1csc2c(C(F)(F)F)cc(OC3CCN(C(=O)O[C@H]4C[C@@H](OC(F)(F)F)C4)CC3)nc12. The van der Waals surface area contributed by atoms with E-state index in [9.17, 15) is 35.9 Å². The fourth-order valence-corrected chi connectivity index (χ4v) is 5.02. The van der Waals surface area contributed by atoms with Gasteiger partial charge in [-0.1, -0.05) is 0 Å². The van der Waals surface area contributed by atoms with Crippen molar-refractivity contribution in [2.75, 3.05) is 20.1 Å². The predicted molar refractivity (Wildman–Crippen MR) is 114 cm³/mol. The molecule has 2 aromatic heterocycles. The zero-order valence-electron chi connectivity index (χ0n) is 18.7. The Morgan fingerprint density at radius 2 is 1.75 bits per heavy atom. The van der Waals surface area contributed by atoms with Gasteiger partial charge in [0.25, 0.3) is 5.91 Å². The molecule has 0 radical (unpaired) electrons. The second-order valence-electron chi connectivity index (χ2n) is 8.38. The predicted octanol–water partition coefficient (Wildman–Crippen LogP) is 4.72. The van der Waals surface area contributed by atoms with Gasteiger partial charge in [-0.25, -0.2) is 9.78 Å². The van der Waals surface area contributed by atoms with Crippen molar-refractivity contribution < 1.29 is 50.1 Å². The van der Waals surface area contributed by atoms with E-state index >= 15 is 0 Å². The summed E-state index contributed by atoms with van der Waals surface area (Å²) < 4.78 is 92.1. The summed E-state index contributed by atoms with van der Waals surface area (Å²) in [6.07, 6.45) is -11.9. The van der Waals surface area contributed by atoms with E-state index in [2.05, 4.69) is 15.0 Å². The first-order chi connectivity index (χ1) is 16.8. The maximum absolute atomic E-state index is 13.7. The minimum Gasteiger partial charge on any atom is -0.474 e. The van der Waals surface area contributed by atoms with E-state index in [0.29, 0.717) is 0 Å². The van der Waals surface area contributed by atoms with Gasteiger partial charge < -0.3 is 19.7 Å². The van der Waals surface area contributed by atoms with E-state index in [1.165, 1.54) is 17.3 Å². The summed E-state index contributed by atoms with van der Waals surface area (Å²) in [7, 11) is 1.36. The highest BCUT2D eigenvalue weighted by Crippen LogP contribution is 2.40. The molecule has 15 heteroatoms. The summed E-state index contributed by atoms with van der Waals surface area (Å²) in [5.74, 6) is -0.863. The summed E-state index contributed by atoms with van der Waals surface area (Å²) in [5.41, 5.74) is -1.07. The Hall–Kier alpha value is -2.81. The van der Waals surface area contributed by atoms with E-state index in [1.807, 2.05) is 0 Å². The summed E-state index contributed by atoms with van der Waals surface area (Å²) in [6, 6.07) is 0.795. The summed E-state index contributed by atoms with van der Waals surface area (Å²) in [6.45, 7) is 0.351. The van der Waals surface area contributed by atoms with Gasteiger partial charge in [-0.05, 0) is 0 Å². The molecular formula is C21H21F6N3O5S. The number of ether oxygens (including phenoxy) is 3. The van der Waals surface area contributed by atoms with Crippen molar-refractivity contribution in [2.24, 2.45) is 0 Å². The quantitative estimate of drug-likeness (QED) is 0.551. The van der Waals surface area contributed by atoms with Gasteiger partial charge in [0.1, 0.15) is 12.2 Å². The van der Waals surface area contributed by atoms with Crippen molar-refractivity contribution in [1.29, 1.82) is 0 Å². The number of aromatic nitrogens is 1. The number of carbonyl (C=O) groups is 2. The Labute approximate surface area is 204 Å². The molecule has 0 unspecified atom stereocenters. The molecule has 0 atom stereocenters. The van der Waals surface area contributed by atoms with Gasteiger partial charge in [0.05, 0.1) is 27.4 Å². The van der Waals surface area contributed by atoms with Crippen LogP contribution in [0.3, 0.4) is 0 Å². The molecule has 198 valence electrons. The molecule has 8 nitrogen and oxygen atoms in total. The van der Waals surface area contributed by atoms with Gasteiger partial charge in [-0.15, -0.1) is 24.5 Å². The second-order valence-corrected chi connectivity index (χ2v) is 9.26. The number of likely N-dealkylation sites (tertiary alicyclic amines) is 1. The van der Waals surface area contributed by atoms with Crippen molar-refractivity contribution >= 4 is 33.6 Å². The van der Waals surface area contributed by atoms with Crippen LogP contribution in [0.5, 0.6) is 5.88 Å². The minimum absolute atomic E-state index is 0.00452. The average molecular weight is 541 g/mol. The lowest BCUT2D eigenvalue weighted by atomic mass is 9.92. The number of rotatable bonds is 5. The van der Waals surface area contributed by atoms with Crippen LogP contribution in [0.4, 0.5) is 31.1 Å². The molecule has 2 aliphatic rings. The highest BCUT2D eigenvalue weighted by Gasteiger charge is 2.42. The molecule has 0 bridgehead atoms. The first-order valence-corrected chi connectivity index (χ1v) is 11.8. The van der Waals surface area contributed by atoms with Crippen LogP contribution in [0, 0.1) is 0 Å². The number of thiophene rings is 1. The highest BCUT2D eigenvalue weighted by atomic mass is 32.1. The molecule has 0 aromatic carbocycles. The Bertz CT molecular complexity index is 1120. The topological polar surface area (TPSA) is 90.0 Å². The third-order valence-electron chi connectivity index (χ3n) is 5.88. The van der Waals surface area contributed by atoms with Crippen LogP contribution in [0.15, 0.2) is 11.4 Å². The molecule has 0 spiro atoms. The summed E-state index contributed by atoms with van der Waals surface area (Å²) >= 11 is 0.763. The molecule has 2 amide bonds. The summed E-state index contributed by atoms with van der Waals surface area (Å²) in [5, 5.41) is 3.67. The molecule has 1 saturated carbocycles. The van der Waals surface area contributed by atoms with Crippen LogP contribution in [0.25, 0.3) is 10.2 Å². The zero-order chi connectivity index (χ0) is 26.3. The minimum atomic E-state index is -4.74. The second kappa shape index (κ2) is 9.92. The Morgan fingerprint density at radius 1 is 1.08 bits per heavy atom. The number of carbonyl (C=O) groups excluding carboxylic acids is 2. The Balaban J connectivity index is 1.35. The van der Waals surface area contributed by atoms with E-state index in [4.69, 9.17) is 9.47 Å². The van der Waals surface area contributed by atoms with Crippen molar-refractivity contribution in [1.82, 2.24) is 15.2 Å². The molecule has 2 aromatic rings. The van der Waals surface area contributed by atoms with Gasteiger partial charge in [-0.2, -0.15) is 13.2 Å². The monoisotopic (exact) mass is 541 g/mol. The standard InChI is InChI=1S/C21H21F6N3O5S/c1-28-18(31)13-9-36-17-14(20(22,23)24)8-15(29-16(13)17)33-10-2-4-30(5-3-10)19(32)34-11-6-12(7-11)35-21(25,26)27/h8-12H,2-7H2,1H3,(H,28,31)/t11-,12+. The molecular weight excluding hydrogens is 520 g/mol. The number of fused-ring (bicyclic) bond motifs is 1. The number of halogens is 6. The number of hydrogen-bond donors (Lipinski definition) is 1. The number of piperidine rings is 1. The largest absolute Gasteiger partial charge is 0.522 e. The van der Waals surface area contributed by atoms with E-state index in [-0.39, 0.29) is 60.4 Å².